The molecule has 0 fully saturated rings. The third-order valence-electron chi connectivity index (χ3n) is 5.67. The number of hydrogen-bond donors (Lipinski definition) is 2. The van der Waals surface area contributed by atoms with Crippen molar-refractivity contribution in [1.29, 1.82) is 0 Å². The molecular formula is C25H23N7O3. The highest BCUT2D eigenvalue weighted by Gasteiger charge is 2.36. The number of ether oxygens (including phenoxy) is 2. The minimum absolute atomic E-state index is 0.304. The van der Waals surface area contributed by atoms with Crippen LogP contribution in [0.3, 0.4) is 0 Å². The molecule has 1 aromatic carbocycles. The van der Waals surface area contributed by atoms with Gasteiger partial charge in [-0.1, -0.05) is 0 Å². The number of allylic oxidation sites excluding steroid dienone is 1. The van der Waals surface area contributed by atoms with E-state index in [0.717, 1.165) is 5.56 Å². The highest BCUT2D eigenvalue weighted by atomic mass is 16.5. The van der Waals surface area contributed by atoms with Crippen molar-refractivity contribution in [1.82, 2.24) is 24.7 Å². The van der Waals surface area contributed by atoms with Gasteiger partial charge in [0.15, 0.2) is 5.82 Å². The van der Waals surface area contributed by atoms with Crippen LogP contribution < -0.4 is 20.1 Å². The molecule has 10 nitrogen and oxygen atoms in total. The molecule has 0 aliphatic carbocycles. The molecule has 3 aromatic heterocycles. The van der Waals surface area contributed by atoms with Crippen LogP contribution in [0.5, 0.6) is 11.5 Å². The topological polar surface area (TPSA) is 116 Å². The SMILES string of the molecule is COc1ccc(OC)c(C2C(C(=O)Nc3cccnc3)=C(C)Nc3nc(-c4cccnc4)nn32)c1. The molecule has 10 heteroatoms. The van der Waals surface area contributed by atoms with Gasteiger partial charge in [0.2, 0.25) is 5.95 Å². The van der Waals surface area contributed by atoms with Crippen LogP contribution in [0.1, 0.15) is 18.5 Å². The summed E-state index contributed by atoms with van der Waals surface area (Å²) in [5, 5.41) is 10.9. The summed E-state index contributed by atoms with van der Waals surface area (Å²) in [6.07, 6.45) is 6.62. The maximum absolute atomic E-state index is 13.6. The molecule has 35 heavy (non-hydrogen) atoms. The Kier molecular flexibility index (Phi) is 5.84. The van der Waals surface area contributed by atoms with Gasteiger partial charge in [0.25, 0.3) is 5.91 Å². The van der Waals surface area contributed by atoms with Crippen molar-refractivity contribution in [3.63, 3.8) is 0 Å². The standard InChI is InChI=1S/C25H23N7O3/c1-15-21(24(33)29-17-7-5-11-27-14-17)22(19-12-18(34-2)8-9-20(19)35-3)32-25(28-15)30-23(31-32)16-6-4-10-26-13-16/h4-14,22H,1-3H3,(H,29,33)(H,28,30,31). The summed E-state index contributed by atoms with van der Waals surface area (Å²) >= 11 is 0. The predicted molar refractivity (Wildman–Crippen MR) is 130 cm³/mol. The van der Waals surface area contributed by atoms with Gasteiger partial charge in [-0.05, 0) is 49.4 Å². The second-order valence-corrected chi connectivity index (χ2v) is 7.82. The van der Waals surface area contributed by atoms with E-state index >= 15 is 0 Å². The van der Waals surface area contributed by atoms with Crippen molar-refractivity contribution in [3.8, 4) is 22.9 Å². The molecule has 1 unspecified atom stereocenters. The van der Waals surface area contributed by atoms with E-state index in [0.29, 0.717) is 45.8 Å². The predicted octanol–water partition coefficient (Wildman–Crippen LogP) is 3.68. The van der Waals surface area contributed by atoms with E-state index in [2.05, 4.69) is 25.6 Å². The number of carbonyl (C=O) groups is 1. The molecule has 176 valence electrons. The first kappa shape index (κ1) is 22.1. The Morgan fingerprint density at radius 1 is 1.06 bits per heavy atom. The highest BCUT2D eigenvalue weighted by Crippen LogP contribution is 2.41. The lowest BCUT2D eigenvalue weighted by molar-refractivity contribution is -0.113. The first-order valence-corrected chi connectivity index (χ1v) is 10.9. The molecular weight excluding hydrogens is 446 g/mol. The summed E-state index contributed by atoms with van der Waals surface area (Å²) < 4.78 is 12.8. The van der Waals surface area contributed by atoms with Gasteiger partial charge in [-0.2, -0.15) is 4.98 Å². The number of anilines is 2. The van der Waals surface area contributed by atoms with Gasteiger partial charge < -0.3 is 20.1 Å². The lowest BCUT2D eigenvalue weighted by atomic mass is 9.94. The molecule has 5 rings (SSSR count). The fraction of sp³-hybridized carbons (Fsp3) is 0.160. The third kappa shape index (κ3) is 4.17. The van der Waals surface area contributed by atoms with Crippen LogP contribution in [0.25, 0.3) is 11.4 Å². The first-order valence-electron chi connectivity index (χ1n) is 10.9. The van der Waals surface area contributed by atoms with Crippen molar-refractivity contribution in [2.45, 2.75) is 13.0 Å². The quantitative estimate of drug-likeness (QED) is 0.439. The molecule has 1 aliphatic heterocycles. The lowest BCUT2D eigenvalue weighted by Crippen LogP contribution is -2.31. The van der Waals surface area contributed by atoms with Crippen LogP contribution in [0, 0.1) is 0 Å². The Balaban J connectivity index is 1.67. The smallest absolute Gasteiger partial charge is 0.255 e. The zero-order valence-corrected chi connectivity index (χ0v) is 19.4. The van der Waals surface area contributed by atoms with Crippen LogP contribution in [0.4, 0.5) is 11.6 Å². The van der Waals surface area contributed by atoms with Crippen LogP contribution in [-0.2, 0) is 4.79 Å². The van der Waals surface area contributed by atoms with E-state index in [1.54, 1.807) is 68.0 Å². The molecule has 0 saturated carbocycles. The summed E-state index contributed by atoms with van der Waals surface area (Å²) in [4.78, 5) is 26.6. The van der Waals surface area contributed by atoms with Crippen molar-refractivity contribution in [2.24, 2.45) is 0 Å². The number of carbonyl (C=O) groups excluding carboxylic acids is 1. The normalized spacial score (nSPS) is 14.7. The molecule has 0 bridgehead atoms. The largest absolute Gasteiger partial charge is 0.497 e. The average Bonchev–Trinajstić information content (AvgIpc) is 3.32. The molecule has 0 radical (unpaired) electrons. The van der Waals surface area contributed by atoms with Crippen LogP contribution in [0.2, 0.25) is 0 Å². The molecule has 2 N–H and O–H groups in total. The fourth-order valence-corrected chi connectivity index (χ4v) is 4.04. The Morgan fingerprint density at radius 2 is 1.86 bits per heavy atom. The molecule has 4 heterocycles. The number of methoxy groups -OCH3 is 2. The van der Waals surface area contributed by atoms with Gasteiger partial charge in [-0.15, -0.1) is 5.10 Å². The van der Waals surface area contributed by atoms with E-state index in [1.165, 1.54) is 0 Å². The van der Waals surface area contributed by atoms with Gasteiger partial charge in [-0.3, -0.25) is 14.8 Å². The average molecular weight is 470 g/mol. The number of nitrogens with one attached hydrogen (secondary N) is 2. The van der Waals surface area contributed by atoms with Gasteiger partial charge in [0.05, 0.1) is 31.7 Å². The van der Waals surface area contributed by atoms with Crippen molar-refractivity contribution in [3.05, 3.63) is 84.1 Å². The van der Waals surface area contributed by atoms with E-state index in [-0.39, 0.29) is 5.91 Å². The van der Waals surface area contributed by atoms with E-state index in [4.69, 9.17) is 14.6 Å². The van der Waals surface area contributed by atoms with Crippen molar-refractivity contribution < 1.29 is 14.3 Å². The molecule has 0 saturated heterocycles. The number of nitrogens with zero attached hydrogens (tertiary/aromatic N) is 5. The Hall–Kier alpha value is -4.73. The van der Waals surface area contributed by atoms with Gasteiger partial charge >= 0.3 is 0 Å². The minimum atomic E-state index is -0.647. The van der Waals surface area contributed by atoms with Crippen LogP contribution in [0.15, 0.2) is 78.5 Å². The summed E-state index contributed by atoms with van der Waals surface area (Å²) in [5.74, 6) is 1.88. The van der Waals surface area contributed by atoms with Crippen LogP contribution >= 0.6 is 0 Å². The number of fused-ring (bicyclic) bond motifs is 1. The number of pyridine rings is 2. The maximum atomic E-state index is 13.6. The summed E-state index contributed by atoms with van der Waals surface area (Å²) in [5.41, 5.74) is 3.13. The van der Waals surface area contributed by atoms with Gasteiger partial charge in [0.1, 0.15) is 17.5 Å². The summed E-state index contributed by atoms with van der Waals surface area (Å²) in [6.45, 7) is 1.83. The molecule has 1 amide bonds. The lowest BCUT2D eigenvalue weighted by Gasteiger charge is -2.29. The fourth-order valence-electron chi connectivity index (χ4n) is 4.04. The summed E-state index contributed by atoms with van der Waals surface area (Å²) in [6, 6.07) is 12.0. The van der Waals surface area contributed by atoms with Gasteiger partial charge in [0, 0.05) is 35.4 Å². The number of rotatable bonds is 6. The maximum Gasteiger partial charge on any atom is 0.255 e. The summed E-state index contributed by atoms with van der Waals surface area (Å²) in [7, 11) is 3.17. The minimum Gasteiger partial charge on any atom is -0.497 e. The van der Waals surface area contributed by atoms with Gasteiger partial charge in [-0.25, -0.2) is 4.68 Å². The Morgan fingerprint density at radius 3 is 2.54 bits per heavy atom. The van der Waals surface area contributed by atoms with E-state index < -0.39 is 6.04 Å². The number of hydrogen-bond acceptors (Lipinski definition) is 8. The second-order valence-electron chi connectivity index (χ2n) is 7.82. The van der Waals surface area contributed by atoms with E-state index in [9.17, 15) is 4.79 Å². The zero-order valence-electron chi connectivity index (χ0n) is 19.4. The number of benzene rings is 1. The third-order valence-corrected chi connectivity index (χ3v) is 5.67. The molecule has 1 atom stereocenters. The number of aromatic nitrogens is 5. The van der Waals surface area contributed by atoms with Crippen molar-refractivity contribution in [2.75, 3.05) is 24.9 Å². The van der Waals surface area contributed by atoms with E-state index in [1.807, 2.05) is 25.1 Å². The van der Waals surface area contributed by atoms with Crippen molar-refractivity contribution >= 4 is 17.5 Å². The zero-order chi connectivity index (χ0) is 24.4. The monoisotopic (exact) mass is 469 g/mol. The highest BCUT2D eigenvalue weighted by molar-refractivity contribution is 6.06. The van der Waals surface area contributed by atoms with Crippen LogP contribution in [-0.4, -0.2) is 44.9 Å². The molecule has 0 spiro atoms. The molecule has 1 aliphatic rings. The Bertz CT molecular complexity index is 1400. The second kappa shape index (κ2) is 9.26. The first-order chi connectivity index (χ1) is 17.1. The number of amides is 1. The molecule has 4 aromatic rings. The Labute approximate surface area is 201 Å².